The number of aromatic amines is 1. The van der Waals surface area contributed by atoms with Crippen molar-refractivity contribution in [3.63, 3.8) is 0 Å². The van der Waals surface area contributed by atoms with Gasteiger partial charge in [-0.1, -0.05) is 36.4 Å². The highest BCUT2D eigenvalue weighted by Crippen LogP contribution is 2.17. The number of amides is 2. The summed E-state index contributed by atoms with van der Waals surface area (Å²) in [6.45, 7) is 0. The summed E-state index contributed by atoms with van der Waals surface area (Å²) in [6, 6.07) is 17.1. The standard InChI is InChI=1S/C20H17N5O2/c26-19(10-14-11-22-25(13-14)15-6-2-1-3-7-15)23-24-20(27)17-12-21-18-9-5-4-8-16(17)18/h1-9,11-13,21H,10H2,(H,23,26)(H,24,27). The molecule has 4 aromatic rings. The number of aromatic nitrogens is 3. The van der Waals surface area contributed by atoms with Gasteiger partial charge in [0.2, 0.25) is 5.91 Å². The van der Waals surface area contributed by atoms with Crippen molar-refractivity contribution in [2.45, 2.75) is 6.42 Å². The Kier molecular flexibility index (Phi) is 4.40. The molecule has 7 nitrogen and oxygen atoms in total. The largest absolute Gasteiger partial charge is 0.360 e. The fourth-order valence-electron chi connectivity index (χ4n) is 2.86. The van der Waals surface area contributed by atoms with E-state index in [1.807, 2.05) is 54.6 Å². The molecule has 134 valence electrons. The van der Waals surface area contributed by atoms with Crippen LogP contribution in [0, 0.1) is 0 Å². The maximum absolute atomic E-state index is 12.3. The highest BCUT2D eigenvalue weighted by atomic mass is 16.2. The van der Waals surface area contributed by atoms with Crippen molar-refractivity contribution in [2.75, 3.05) is 0 Å². The van der Waals surface area contributed by atoms with E-state index in [1.54, 1.807) is 23.3 Å². The molecule has 2 aromatic heterocycles. The smallest absolute Gasteiger partial charge is 0.271 e. The summed E-state index contributed by atoms with van der Waals surface area (Å²) in [7, 11) is 0. The first-order valence-corrected chi connectivity index (χ1v) is 8.45. The lowest BCUT2D eigenvalue weighted by atomic mass is 10.2. The number of hydrogen-bond donors (Lipinski definition) is 3. The number of nitrogens with one attached hydrogen (secondary N) is 3. The Balaban J connectivity index is 1.36. The minimum absolute atomic E-state index is 0.112. The highest BCUT2D eigenvalue weighted by molar-refractivity contribution is 6.07. The van der Waals surface area contributed by atoms with Crippen LogP contribution in [0.25, 0.3) is 16.6 Å². The van der Waals surface area contributed by atoms with Gasteiger partial charge in [0.05, 0.1) is 23.9 Å². The van der Waals surface area contributed by atoms with Crippen LogP contribution in [0.2, 0.25) is 0 Å². The molecule has 0 aliphatic heterocycles. The average Bonchev–Trinajstić information content (AvgIpc) is 3.34. The van der Waals surface area contributed by atoms with Crippen LogP contribution in [-0.2, 0) is 11.2 Å². The molecule has 2 aromatic carbocycles. The Morgan fingerprint density at radius 1 is 1.00 bits per heavy atom. The molecular weight excluding hydrogens is 342 g/mol. The Labute approximate surface area is 155 Å². The van der Waals surface area contributed by atoms with Crippen LogP contribution in [0.5, 0.6) is 0 Å². The van der Waals surface area contributed by atoms with Gasteiger partial charge in [-0.3, -0.25) is 20.4 Å². The second kappa shape index (κ2) is 7.17. The monoisotopic (exact) mass is 359 g/mol. The summed E-state index contributed by atoms with van der Waals surface area (Å²) in [5.41, 5.74) is 7.89. The van der Waals surface area contributed by atoms with Gasteiger partial charge in [0, 0.05) is 23.3 Å². The second-order valence-electron chi connectivity index (χ2n) is 6.06. The van der Waals surface area contributed by atoms with Crippen LogP contribution in [0.4, 0.5) is 0 Å². The van der Waals surface area contributed by atoms with Crippen molar-refractivity contribution in [3.05, 3.63) is 84.3 Å². The lowest BCUT2D eigenvalue weighted by Gasteiger charge is -2.06. The van der Waals surface area contributed by atoms with Gasteiger partial charge in [0.25, 0.3) is 5.91 Å². The molecule has 0 fully saturated rings. The number of para-hydroxylation sites is 2. The van der Waals surface area contributed by atoms with E-state index >= 15 is 0 Å². The van der Waals surface area contributed by atoms with E-state index in [4.69, 9.17) is 0 Å². The van der Waals surface area contributed by atoms with Crippen LogP contribution in [0.3, 0.4) is 0 Å². The van der Waals surface area contributed by atoms with Gasteiger partial charge < -0.3 is 4.98 Å². The summed E-state index contributed by atoms with van der Waals surface area (Å²) in [4.78, 5) is 27.5. The molecule has 7 heteroatoms. The first-order valence-electron chi connectivity index (χ1n) is 8.45. The Bertz CT molecular complexity index is 1100. The maximum Gasteiger partial charge on any atom is 0.271 e. The third-order valence-corrected chi connectivity index (χ3v) is 4.17. The van der Waals surface area contributed by atoms with E-state index in [9.17, 15) is 9.59 Å². The number of hydrazine groups is 1. The quantitative estimate of drug-likeness (QED) is 0.489. The van der Waals surface area contributed by atoms with Crippen molar-refractivity contribution in [2.24, 2.45) is 0 Å². The summed E-state index contributed by atoms with van der Waals surface area (Å²) in [6.07, 6.45) is 5.15. The zero-order chi connectivity index (χ0) is 18.6. The molecule has 0 unspecified atom stereocenters. The zero-order valence-electron chi connectivity index (χ0n) is 14.3. The molecule has 27 heavy (non-hydrogen) atoms. The average molecular weight is 359 g/mol. The van der Waals surface area contributed by atoms with E-state index in [1.165, 1.54) is 0 Å². The molecule has 0 saturated heterocycles. The van der Waals surface area contributed by atoms with Crippen LogP contribution < -0.4 is 10.9 Å². The van der Waals surface area contributed by atoms with Crippen LogP contribution >= 0.6 is 0 Å². The third-order valence-electron chi connectivity index (χ3n) is 4.17. The Morgan fingerprint density at radius 3 is 2.63 bits per heavy atom. The van der Waals surface area contributed by atoms with E-state index < -0.39 is 0 Å². The Morgan fingerprint density at radius 2 is 1.78 bits per heavy atom. The lowest BCUT2D eigenvalue weighted by Crippen LogP contribution is -2.42. The molecular formula is C20H17N5O2. The van der Waals surface area contributed by atoms with Crippen LogP contribution in [0.15, 0.2) is 73.2 Å². The van der Waals surface area contributed by atoms with E-state index in [0.29, 0.717) is 5.56 Å². The van der Waals surface area contributed by atoms with Crippen molar-refractivity contribution < 1.29 is 9.59 Å². The van der Waals surface area contributed by atoms with Crippen LogP contribution in [-0.4, -0.2) is 26.6 Å². The second-order valence-corrected chi connectivity index (χ2v) is 6.06. The van der Waals surface area contributed by atoms with Crippen molar-refractivity contribution >= 4 is 22.7 Å². The third kappa shape index (κ3) is 3.57. The topological polar surface area (TPSA) is 91.8 Å². The molecule has 3 N–H and O–H groups in total. The fourth-order valence-corrected chi connectivity index (χ4v) is 2.86. The number of rotatable bonds is 4. The predicted octanol–water partition coefficient (Wildman–Crippen LogP) is 2.36. The van der Waals surface area contributed by atoms with Gasteiger partial charge in [-0.05, 0) is 23.8 Å². The summed E-state index contributed by atoms with van der Waals surface area (Å²) >= 11 is 0. The fraction of sp³-hybridized carbons (Fsp3) is 0.0500. The van der Waals surface area contributed by atoms with Crippen molar-refractivity contribution in [1.29, 1.82) is 0 Å². The van der Waals surface area contributed by atoms with E-state index in [-0.39, 0.29) is 18.2 Å². The summed E-state index contributed by atoms with van der Waals surface area (Å²) < 4.78 is 1.70. The van der Waals surface area contributed by atoms with Gasteiger partial charge in [0.15, 0.2) is 0 Å². The number of carbonyl (C=O) groups is 2. The SMILES string of the molecule is O=C(Cc1cnn(-c2ccccc2)c1)NNC(=O)c1c[nH]c2ccccc12. The molecule has 4 rings (SSSR count). The highest BCUT2D eigenvalue weighted by Gasteiger charge is 2.13. The molecule has 0 radical (unpaired) electrons. The molecule has 0 aliphatic carbocycles. The number of hydrogen-bond acceptors (Lipinski definition) is 3. The normalized spacial score (nSPS) is 10.7. The number of nitrogens with zero attached hydrogens (tertiary/aromatic N) is 2. The molecule has 2 amide bonds. The first-order chi connectivity index (χ1) is 13.2. The number of benzene rings is 2. The molecule has 2 heterocycles. The predicted molar refractivity (Wildman–Crippen MR) is 101 cm³/mol. The van der Waals surface area contributed by atoms with Crippen molar-refractivity contribution in [3.8, 4) is 5.69 Å². The number of fused-ring (bicyclic) bond motifs is 1. The molecule has 0 spiro atoms. The maximum atomic E-state index is 12.3. The number of H-pyrrole nitrogens is 1. The zero-order valence-corrected chi connectivity index (χ0v) is 14.3. The molecule has 0 atom stereocenters. The van der Waals surface area contributed by atoms with Gasteiger partial charge >= 0.3 is 0 Å². The van der Waals surface area contributed by atoms with Gasteiger partial charge in [0.1, 0.15) is 0 Å². The van der Waals surface area contributed by atoms with Gasteiger partial charge in [-0.15, -0.1) is 0 Å². The minimum atomic E-state index is -0.374. The van der Waals surface area contributed by atoms with Crippen LogP contribution in [0.1, 0.15) is 15.9 Å². The minimum Gasteiger partial charge on any atom is -0.360 e. The molecule has 0 aliphatic rings. The summed E-state index contributed by atoms with van der Waals surface area (Å²) in [5, 5.41) is 5.05. The number of carbonyl (C=O) groups excluding carboxylic acids is 2. The van der Waals surface area contributed by atoms with E-state index in [2.05, 4.69) is 20.9 Å². The van der Waals surface area contributed by atoms with Gasteiger partial charge in [-0.25, -0.2) is 4.68 Å². The Hall–Kier alpha value is -3.87. The first kappa shape index (κ1) is 16.6. The lowest BCUT2D eigenvalue weighted by molar-refractivity contribution is -0.121. The van der Waals surface area contributed by atoms with Crippen molar-refractivity contribution in [1.82, 2.24) is 25.6 Å². The molecule has 0 saturated carbocycles. The molecule has 0 bridgehead atoms. The van der Waals surface area contributed by atoms with E-state index in [0.717, 1.165) is 22.2 Å². The summed E-state index contributed by atoms with van der Waals surface area (Å²) in [5.74, 6) is -0.698. The van der Waals surface area contributed by atoms with Gasteiger partial charge in [-0.2, -0.15) is 5.10 Å².